The van der Waals surface area contributed by atoms with Crippen molar-refractivity contribution in [3.05, 3.63) is 134 Å². The van der Waals surface area contributed by atoms with Crippen molar-refractivity contribution in [1.82, 2.24) is 10.3 Å². The Morgan fingerprint density at radius 2 is 1.67 bits per heavy atom. The van der Waals surface area contributed by atoms with Gasteiger partial charge in [0.2, 0.25) is 0 Å². The highest BCUT2D eigenvalue weighted by molar-refractivity contribution is 6.00. The Kier molecular flexibility index (Phi) is 13.0. The predicted octanol–water partition coefficient (Wildman–Crippen LogP) is 6.07. The van der Waals surface area contributed by atoms with E-state index < -0.39 is 22.8 Å². The summed E-state index contributed by atoms with van der Waals surface area (Å²) in [6.45, 7) is 5.65. The first kappa shape index (κ1) is 34.7. The van der Waals surface area contributed by atoms with Crippen LogP contribution in [0.2, 0.25) is 0 Å². The van der Waals surface area contributed by atoms with E-state index in [9.17, 15) is 19.7 Å². The van der Waals surface area contributed by atoms with Crippen molar-refractivity contribution < 1.29 is 28.7 Å². The van der Waals surface area contributed by atoms with Crippen molar-refractivity contribution in [3.63, 3.8) is 0 Å². The van der Waals surface area contributed by atoms with Gasteiger partial charge >= 0.3 is 11.9 Å². The molecule has 3 aromatic rings. The Morgan fingerprint density at radius 3 is 2.31 bits per heavy atom. The van der Waals surface area contributed by atoms with E-state index in [0.717, 1.165) is 17.5 Å². The van der Waals surface area contributed by atoms with Crippen LogP contribution in [0.25, 0.3) is 6.08 Å². The van der Waals surface area contributed by atoms with Crippen LogP contribution < -0.4 is 5.32 Å². The smallest absolute Gasteiger partial charge is 0.336 e. The first-order valence-electron chi connectivity index (χ1n) is 14.3. The number of ether oxygens (including phenoxy) is 3. The maximum absolute atomic E-state index is 13.4. The Labute approximate surface area is 268 Å². The third kappa shape index (κ3) is 9.34. The lowest BCUT2D eigenvalue weighted by Gasteiger charge is -2.30. The largest absolute Gasteiger partial charge is 0.463 e. The highest BCUT2D eigenvalue weighted by Crippen LogP contribution is 2.40. The summed E-state index contributed by atoms with van der Waals surface area (Å²) < 4.78 is 16.4. The number of hydrogen-bond acceptors (Lipinski definition) is 9. The minimum atomic E-state index is -0.915. The number of rotatable bonds is 13. The average Bonchev–Trinajstić information content (AvgIpc) is 3.01. The molecule has 11 heteroatoms. The SMILES string of the molecule is CCOC(=O)C1=C(C)NC(C)=C(C(=O)OCCOCC=Cc2ccc(Cc3cccnc3)cc2)C1c1cccc([N+](=O)[O-])c1.Cl. The van der Waals surface area contributed by atoms with Gasteiger partial charge in [-0.3, -0.25) is 15.1 Å². The molecular formula is C34H36ClN3O7. The van der Waals surface area contributed by atoms with Gasteiger partial charge in [-0.15, -0.1) is 12.4 Å². The van der Waals surface area contributed by atoms with Crippen LogP contribution in [0.1, 0.15) is 48.9 Å². The van der Waals surface area contributed by atoms with Gasteiger partial charge in [0.1, 0.15) is 6.61 Å². The number of nitro benzene ring substituents is 1. The van der Waals surface area contributed by atoms with Crippen molar-refractivity contribution in [2.45, 2.75) is 33.1 Å². The Balaban J connectivity index is 0.00000552. The molecular weight excluding hydrogens is 598 g/mol. The zero-order valence-electron chi connectivity index (χ0n) is 25.4. The number of dihydropyridines is 1. The summed E-state index contributed by atoms with van der Waals surface area (Å²) in [6, 6.07) is 18.1. The summed E-state index contributed by atoms with van der Waals surface area (Å²) in [5.74, 6) is -2.20. The van der Waals surface area contributed by atoms with Crippen LogP contribution in [0.3, 0.4) is 0 Å². The fourth-order valence-electron chi connectivity index (χ4n) is 4.99. The first-order chi connectivity index (χ1) is 21.3. The summed E-state index contributed by atoms with van der Waals surface area (Å²) in [7, 11) is 0. The van der Waals surface area contributed by atoms with Gasteiger partial charge in [-0.2, -0.15) is 0 Å². The van der Waals surface area contributed by atoms with Crippen LogP contribution in [0.4, 0.5) is 5.69 Å². The van der Waals surface area contributed by atoms with Crippen LogP contribution in [0, 0.1) is 10.1 Å². The van der Waals surface area contributed by atoms with Crippen molar-refractivity contribution in [3.8, 4) is 0 Å². The molecule has 1 aliphatic rings. The lowest BCUT2D eigenvalue weighted by Crippen LogP contribution is -2.32. The van der Waals surface area contributed by atoms with Crippen LogP contribution in [-0.2, 0) is 30.2 Å². The summed E-state index contributed by atoms with van der Waals surface area (Å²) >= 11 is 0. The number of non-ortho nitro benzene ring substituents is 1. The van der Waals surface area contributed by atoms with E-state index in [0.29, 0.717) is 23.6 Å². The number of allylic oxidation sites excluding steroid dienone is 2. The third-order valence-corrected chi connectivity index (χ3v) is 6.99. The molecule has 0 radical (unpaired) electrons. The number of halogens is 1. The second-order valence-electron chi connectivity index (χ2n) is 10.1. The number of benzene rings is 2. The van der Waals surface area contributed by atoms with Crippen molar-refractivity contribution in [2.24, 2.45) is 0 Å². The fraction of sp³-hybridized carbons (Fsp3) is 0.265. The molecule has 0 aliphatic carbocycles. The molecule has 0 bridgehead atoms. The van der Waals surface area contributed by atoms with Crippen molar-refractivity contribution in [1.29, 1.82) is 0 Å². The van der Waals surface area contributed by atoms with Gasteiger partial charge in [-0.1, -0.05) is 54.6 Å². The number of nitrogens with one attached hydrogen (secondary N) is 1. The molecule has 236 valence electrons. The molecule has 1 atom stereocenters. The topological polar surface area (TPSA) is 130 Å². The number of carbonyl (C=O) groups is 2. The van der Waals surface area contributed by atoms with Gasteiger partial charge in [0.05, 0.1) is 41.8 Å². The van der Waals surface area contributed by atoms with E-state index in [1.54, 1.807) is 33.0 Å². The maximum atomic E-state index is 13.4. The second-order valence-corrected chi connectivity index (χ2v) is 10.1. The predicted molar refractivity (Wildman–Crippen MR) is 173 cm³/mol. The minimum Gasteiger partial charge on any atom is -0.463 e. The zero-order chi connectivity index (χ0) is 31.5. The van der Waals surface area contributed by atoms with Crippen molar-refractivity contribution in [2.75, 3.05) is 26.4 Å². The molecule has 1 aliphatic heterocycles. The van der Waals surface area contributed by atoms with Gasteiger partial charge in [0.25, 0.3) is 5.69 Å². The van der Waals surface area contributed by atoms with Crippen LogP contribution >= 0.6 is 12.4 Å². The highest BCUT2D eigenvalue weighted by atomic mass is 35.5. The molecule has 1 N–H and O–H groups in total. The molecule has 2 aromatic carbocycles. The van der Waals surface area contributed by atoms with Crippen molar-refractivity contribution >= 4 is 36.1 Å². The van der Waals surface area contributed by atoms with Gasteiger partial charge < -0.3 is 19.5 Å². The van der Waals surface area contributed by atoms with Crippen LogP contribution in [0.5, 0.6) is 0 Å². The molecule has 4 rings (SSSR count). The molecule has 2 heterocycles. The lowest BCUT2D eigenvalue weighted by molar-refractivity contribution is -0.384. The lowest BCUT2D eigenvalue weighted by atomic mass is 9.80. The third-order valence-electron chi connectivity index (χ3n) is 6.99. The monoisotopic (exact) mass is 633 g/mol. The summed E-state index contributed by atoms with van der Waals surface area (Å²) in [6.07, 6.45) is 8.28. The number of aromatic nitrogens is 1. The van der Waals surface area contributed by atoms with Gasteiger partial charge in [0, 0.05) is 35.9 Å². The molecule has 1 unspecified atom stereocenters. The quantitative estimate of drug-likeness (QED) is 0.103. The maximum Gasteiger partial charge on any atom is 0.336 e. The molecule has 45 heavy (non-hydrogen) atoms. The summed E-state index contributed by atoms with van der Waals surface area (Å²) in [5.41, 5.74) is 4.97. The number of carbonyl (C=O) groups excluding carboxylic acids is 2. The molecule has 0 fully saturated rings. The molecule has 0 saturated carbocycles. The first-order valence-corrected chi connectivity index (χ1v) is 14.3. The number of nitro groups is 1. The van der Waals surface area contributed by atoms with Crippen LogP contribution in [-0.4, -0.2) is 48.3 Å². The highest BCUT2D eigenvalue weighted by Gasteiger charge is 2.38. The van der Waals surface area contributed by atoms with Gasteiger partial charge in [0.15, 0.2) is 0 Å². The normalized spacial score (nSPS) is 14.5. The standard InChI is InChI=1S/C34H35N3O7.ClH/c1-4-43-33(38)30-23(2)36-24(3)31(32(30)28-10-5-11-29(21-28)37(40)41)34(39)44-19-18-42-17-7-9-25-12-14-26(15-13-25)20-27-8-6-16-35-22-27;/h5-16,21-22,32,36H,4,17-20H2,1-3H3;1H. The Bertz CT molecular complexity index is 1580. The molecule has 0 amide bonds. The number of pyridine rings is 1. The summed E-state index contributed by atoms with van der Waals surface area (Å²) in [5, 5.41) is 14.5. The molecule has 10 nitrogen and oxygen atoms in total. The zero-order valence-corrected chi connectivity index (χ0v) is 26.2. The Morgan fingerprint density at radius 1 is 0.956 bits per heavy atom. The molecule has 1 aromatic heterocycles. The van der Waals surface area contributed by atoms with E-state index in [-0.39, 0.29) is 49.1 Å². The van der Waals surface area contributed by atoms with E-state index in [2.05, 4.69) is 22.4 Å². The minimum absolute atomic E-state index is 0. The Hall–Kier alpha value is -4.80. The van der Waals surface area contributed by atoms with E-state index in [4.69, 9.17) is 14.2 Å². The van der Waals surface area contributed by atoms with Gasteiger partial charge in [-0.25, -0.2) is 9.59 Å². The van der Waals surface area contributed by atoms with E-state index in [1.807, 2.05) is 42.6 Å². The van der Waals surface area contributed by atoms with E-state index >= 15 is 0 Å². The van der Waals surface area contributed by atoms with Crippen LogP contribution in [0.15, 0.2) is 102 Å². The second kappa shape index (κ2) is 16.9. The average molecular weight is 634 g/mol. The summed E-state index contributed by atoms with van der Waals surface area (Å²) in [4.78, 5) is 41.4. The molecule has 0 saturated heterocycles. The number of esters is 2. The number of hydrogen-bond donors (Lipinski definition) is 1. The van der Waals surface area contributed by atoms with E-state index in [1.165, 1.54) is 23.8 Å². The number of nitrogens with zero attached hydrogens (tertiary/aromatic N) is 2. The van der Waals surface area contributed by atoms with Gasteiger partial charge in [-0.05, 0) is 55.5 Å². The fourth-order valence-corrected chi connectivity index (χ4v) is 4.99. The molecule has 0 spiro atoms.